The Labute approximate surface area is 125 Å². The highest BCUT2D eigenvalue weighted by Gasteiger charge is 2.30. The number of nitrogens with zero attached hydrogens (tertiary/aromatic N) is 5. The van der Waals surface area contributed by atoms with Gasteiger partial charge in [0.25, 0.3) is 0 Å². The second kappa shape index (κ2) is 6.39. The molecule has 0 aromatic carbocycles. The Hall–Kier alpha value is -1.69. The van der Waals surface area contributed by atoms with E-state index in [2.05, 4.69) is 27.0 Å². The standard InChI is InChI=1S/C15H23N5O/c1-18-9-5-13(12-18)15(21)20-8-3-7-19(10-11-20)14-4-2-6-16-17-14/h2,4,6,13H,3,5,7-12H2,1H3. The molecule has 1 amide bonds. The smallest absolute Gasteiger partial charge is 0.227 e. The van der Waals surface area contributed by atoms with Gasteiger partial charge in [0.2, 0.25) is 5.91 Å². The van der Waals surface area contributed by atoms with Crippen LogP contribution >= 0.6 is 0 Å². The molecule has 1 atom stereocenters. The van der Waals surface area contributed by atoms with E-state index in [1.807, 2.05) is 17.0 Å². The normalized spacial score (nSPS) is 24.1. The lowest BCUT2D eigenvalue weighted by Crippen LogP contribution is -2.39. The Kier molecular flexibility index (Phi) is 4.34. The van der Waals surface area contributed by atoms with Crippen LogP contribution < -0.4 is 4.90 Å². The summed E-state index contributed by atoms with van der Waals surface area (Å²) in [6, 6.07) is 3.89. The number of carbonyl (C=O) groups excluding carboxylic acids is 1. The Balaban J connectivity index is 1.59. The fourth-order valence-electron chi connectivity index (χ4n) is 3.22. The van der Waals surface area contributed by atoms with Gasteiger partial charge in [0, 0.05) is 38.9 Å². The number of aromatic nitrogens is 2. The Morgan fingerprint density at radius 3 is 2.86 bits per heavy atom. The summed E-state index contributed by atoms with van der Waals surface area (Å²) in [4.78, 5) is 19.1. The van der Waals surface area contributed by atoms with E-state index in [4.69, 9.17) is 0 Å². The molecule has 6 nitrogen and oxygen atoms in total. The van der Waals surface area contributed by atoms with Crippen LogP contribution in [0.5, 0.6) is 0 Å². The molecule has 0 N–H and O–H groups in total. The highest BCUT2D eigenvalue weighted by atomic mass is 16.2. The predicted molar refractivity (Wildman–Crippen MR) is 81.0 cm³/mol. The second-order valence-electron chi connectivity index (χ2n) is 6.00. The van der Waals surface area contributed by atoms with Crippen molar-refractivity contribution in [1.29, 1.82) is 0 Å². The van der Waals surface area contributed by atoms with E-state index in [0.29, 0.717) is 5.91 Å². The van der Waals surface area contributed by atoms with E-state index in [-0.39, 0.29) is 5.92 Å². The van der Waals surface area contributed by atoms with Gasteiger partial charge in [0.05, 0.1) is 5.92 Å². The summed E-state index contributed by atoms with van der Waals surface area (Å²) in [5, 5.41) is 8.11. The Morgan fingerprint density at radius 1 is 1.24 bits per heavy atom. The quantitative estimate of drug-likeness (QED) is 0.792. The van der Waals surface area contributed by atoms with Crippen molar-refractivity contribution in [1.82, 2.24) is 20.0 Å². The molecule has 2 saturated heterocycles. The van der Waals surface area contributed by atoms with Crippen molar-refractivity contribution >= 4 is 11.7 Å². The number of likely N-dealkylation sites (tertiary alicyclic amines) is 1. The van der Waals surface area contributed by atoms with Crippen LogP contribution in [0, 0.1) is 5.92 Å². The number of amides is 1. The number of hydrogen-bond donors (Lipinski definition) is 0. The molecule has 0 radical (unpaired) electrons. The fourth-order valence-corrected chi connectivity index (χ4v) is 3.22. The highest BCUT2D eigenvalue weighted by molar-refractivity contribution is 5.79. The maximum atomic E-state index is 12.6. The van der Waals surface area contributed by atoms with E-state index in [0.717, 1.165) is 57.9 Å². The maximum absolute atomic E-state index is 12.6. The SMILES string of the molecule is CN1CCC(C(=O)N2CCCN(c3cccnn3)CC2)C1. The van der Waals surface area contributed by atoms with Crippen molar-refractivity contribution in [2.24, 2.45) is 5.92 Å². The van der Waals surface area contributed by atoms with E-state index in [9.17, 15) is 4.79 Å². The summed E-state index contributed by atoms with van der Waals surface area (Å²) >= 11 is 0. The Bertz CT molecular complexity index is 480. The molecule has 0 spiro atoms. The summed E-state index contributed by atoms with van der Waals surface area (Å²) in [5.41, 5.74) is 0. The summed E-state index contributed by atoms with van der Waals surface area (Å²) < 4.78 is 0. The minimum Gasteiger partial charge on any atom is -0.353 e. The van der Waals surface area contributed by atoms with Crippen LogP contribution in [0.25, 0.3) is 0 Å². The summed E-state index contributed by atoms with van der Waals surface area (Å²) in [5.74, 6) is 1.44. The first-order valence-electron chi connectivity index (χ1n) is 7.74. The Morgan fingerprint density at radius 2 is 2.14 bits per heavy atom. The molecule has 0 bridgehead atoms. The molecule has 114 valence electrons. The van der Waals surface area contributed by atoms with Crippen molar-refractivity contribution in [3.05, 3.63) is 18.3 Å². The van der Waals surface area contributed by atoms with Gasteiger partial charge in [0.15, 0.2) is 5.82 Å². The van der Waals surface area contributed by atoms with Gasteiger partial charge in [-0.25, -0.2) is 0 Å². The number of rotatable bonds is 2. The van der Waals surface area contributed by atoms with Crippen molar-refractivity contribution in [2.45, 2.75) is 12.8 Å². The van der Waals surface area contributed by atoms with Crippen molar-refractivity contribution in [3.63, 3.8) is 0 Å². The molecule has 2 aliphatic heterocycles. The third kappa shape index (κ3) is 3.32. The topological polar surface area (TPSA) is 52.6 Å². The van der Waals surface area contributed by atoms with Crippen LogP contribution in [0.15, 0.2) is 18.3 Å². The zero-order chi connectivity index (χ0) is 14.7. The van der Waals surface area contributed by atoms with Gasteiger partial charge in [-0.05, 0) is 38.6 Å². The predicted octanol–water partition coefficient (Wildman–Crippen LogP) is 0.467. The van der Waals surface area contributed by atoms with E-state index >= 15 is 0 Å². The molecule has 6 heteroatoms. The second-order valence-corrected chi connectivity index (χ2v) is 6.00. The van der Waals surface area contributed by atoms with E-state index in [1.54, 1.807) is 6.20 Å². The summed E-state index contributed by atoms with van der Waals surface area (Å²) in [7, 11) is 2.09. The fraction of sp³-hybridized carbons (Fsp3) is 0.667. The molecule has 2 aliphatic rings. The van der Waals surface area contributed by atoms with Gasteiger partial charge < -0.3 is 14.7 Å². The first-order chi connectivity index (χ1) is 10.2. The van der Waals surface area contributed by atoms with Crippen molar-refractivity contribution < 1.29 is 4.79 Å². The average Bonchev–Trinajstić information content (AvgIpc) is 2.81. The zero-order valence-electron chi connectivity index (χ0n) is 12.6. The first kappa shape index (κ1) is 14.3. The van der Waals surface area contributed by atoms with Crippen LogP contribution in [0.2, 0.25) is 0 Å². The zero-order valence-corrected chi connectivity index (χ0v) is 12.6. The number of carbonyl (C=O) groups is 1. The average molecular weight is 289 g/mol. The van der Waals surface area contributed by atoms with Gasteiger partial charge in [-0.1, -0.05) is 0 Å². The lowest BCUT2D eigenvalue weighted by molar-refractivity contribution is -0.134. The third-order valence-electron chi connectivity index (χ3n) is 4.43. The van der Waals surface area contributed by atoms with Crippen molar-refractivity contribution in [2.75, 3.05) is 51.2 Å². The minimum absolute atomic E-state index is 0.193. The molecular formula is C15H23N5O. The van der Waals surface area contributed by atoms with E-state index < -0.39 is 0 Å². The molecule has 1 aromatic heterocycles. The van der Waals surface area contributed by atoms with Gasteiger partial charge in [0.1, 0.15) is 0 Å². The van der Waals surface area contributed by atoms with Crippen LogP contribution in [0.1, 0.15) is 12.8 Å². The van der Waals surface area contributed by atoms with Gasteiger partial charge in [-0.3, -0.25) is 4.79 Å². The summed E-state index contributed by atoms with van der Waals surface area (Å²) in [6.07, 6.45) is 3.68. The van der Waals surface area contributed by atoms with Crippen LogP contribution in [0.4, 0.5) is 5.82 Å². The third-order valence-corrected chi connectivity index (χ3v) is 4.43. The van der Waals surface area contributed by atoms with Crippen LogP contribution in [-0.4, -0.2) is 72.2 Å². The number of hydrogen-bond acceptors (Lipinski definition) is 5. The maximum Gasteiger partial charge on any atom is 0.227 e. The van der Waals surface area contributed by atoms with Crippen LogP contribution in [-0.2, 0) is 4.79 Å². The largest absolute Gasteiger partial charge is 0.353 e. The van der Waals surface area contributed by atoms with Crippen molar-refractivity contribution in [3.8, 4) is 0 Å². The molecule has 0 aliphatic carbocycles. The number of anilines is 1. The molecule has 2 fully saturated rings. The molecule has 1 aromatic rings. The molecule has 0 saturated carbocycles. The van der Waals surface area contributed by atoms with Crippen LogP contribution in [0.3, 0.4) is 0 Å². The minimum atomic E-state index is 0.193. The van der Waals surface area contributed by atoms with Gasteiger partial charge in [-0.2, -0.15) is 5.10 Å². The molecule has 1 unspecified atom stereocenters. The van der Waals surface area contributed by atoms with E-state index in [1.165, 1.54) is 0 Å². The molecule has 3 rings (SSSR count). The lowest BCUT2D eigenvalue weighted by atomic mass is 10.1. The molecule has 3 heterocycles. The first-order valence-corrected chi connectivity index (χ1v) is 7.74. The molecule has 21 heavy (non-hydrogen) atoms. The summed E-state index contributed by atoms with van der Waals surface area (Å²) in [6.45, 7) is 5.37. The van der Waals surface area contributed by atoms with Gasteiger partial charge in [-0.15, -0.1) is 5.10 Å². The molecular weight excluding hydrogens is 266 g/mol. The lowest BCUT2D eigenvalue weighted by Gasteiger charge is -2.24. The van der Waals surface area contributed by atoms with Gasteiger partial charge >= 0.3 is 0 Å². The monoisotopic (exact) mass is 289 g/mol. The highest BCUT2D eigenvalue weighted by Crippen LogP contribution is 2.19.